The summed E-state index contributed by atoms with van der Waals surface area (Å²) >= 11 is 5.73. The lowest BCUT2D eigenvalue weighted by Gasteiger charge is -2.16. The maximum Gasteiger partial charge on any atom is 0.356 e. The molecule has 0 spiro atoms. The Kier molecular flexibility index (Phi) is 3.56. The number of H-pyrrole nitrogens is 1. The average molecular weight is 297 g/mol. The van der Waals surface area contributed by atoms with Crippen LogP contribution >= 0.6 is 11.6 Å². The van der Waals surface area contributed by atoms with Crippen LogP contribution in [0.3, 0.4) is 0 Å². The van der Waals surface area contributed by atoms with E-state index in [1.54, 1.807) is 0 Å². The van der Waals surface area contributed by atoms with Gasteiger partial charge in [-0.2, -0.15) is 0 Å². The molecule has 0 aliphatic heterocycles. The van der Waals surface area contributed by atoms with E-state index >= 15 is 0 Å². The van der Waals surface area contributed by atoms with E-state index in [0.29, 0.717) is 17.1 Å². The molecule has 2 aromatic rings. The number of benzene rings is 1. The summed E-state index contributed by atoms with van der Waals surface area (Å²) in [5, 5.41) is 9.19. The van der Waals surface area contributed by atoms with Crippen LogP contribution in [0.4, 0.5) is 4.39 Å². The summed E-state index contributed by atoms with van der Waals surface area (Å²) in [7, 11) is 0. The van der Waals surface area contributed by atoms with E-state index in [-0.39, 0.29) is 10.7 Å². The van der Waals surface area contributed by atoms with Crippen LogP contribution in [0.25, 0.3) is 11.4 Å². The molecule has 0 saturated carbocycles. The largest absolute Gasteiger partial charge is 0.476 e. The van der Waals surface area contributed by atoms with Gasteiger partial charge in [-0.1, -0.05) is 32.4 Å². The molecule has 1 aromatic carbocycles. The fourth-order valence-electron chi connectivity index (χ4n) is 1.85. The van der Waals surface area contributed by atoms with Crippen molar-refractivity contribution in [2.75, 3.05) is 0 Å². The van der Waals surface area contributed by atoms with Crippen molar-refractivity contribution in [3.05, 3.63) is 40.4 Å². The summed E-state index contributed by atoms with van der Waals surface area (Å²) in [6, 6.07) is 4.13. The highest BCUT2D eigenvalue weighted by Gasteiger charge is 2.26. The summed E-state index contributed by atoms with van der Waals surface area (Å²) in [6.45, 7) is 5.65. The number of rotatable bonds is 2. The van der Waals surface area contributed by atoms with E-state index in [1.165, 1.54) is 18.2 Å². The predicted octanol–water partition coefficient (Wildman–Crippen LogP) is 3.86. The summed E-state index contributed by atoms with van der Waals surface area (Å²) in [6.07, 6.45) is 0. The fraction of sp³-hybridized carbons (Fsp3) is 0.286. The highest BCUT2D eigenvalue weighted by molar-refractivity contribution is 6.31. The van der Waals surface area contributed by atoms with Gasteiger partial charge in [0, 0.05) is 11.0 Å². The quantitative estimate of drug-likeness (QED) is 0.884. The van der Waals surface area contributed by atoms with Crippen LogP contribution in [-0.4, -0.2) is 21.0 Å². The zero-order valence-electron chi connectivity index (χ0n) is 11.3. The minimum absolute atomic E-state index is 0.0342. The van der Waals surface area contributed by atoms with E-state index in [0.717, 1.165) is 0 Å². The van der Waals surface area contributed by atoms with Crippen molar-refractivity contribution in [2.45, 2.75) is 26.2 Å². The molecule has 0 aliphatic rings. The van der Waals surface area contributed by atoms with E-state index in [9.17, 15) is 14.3 Å². The van der Waals surface area contributed by atoms with Crippen LogP contribution in [0.15, 0.2) is 18.2 Å². The molecule has 4 nitrogen and oxygen atoms in total. The number of aromatic amines is 1. The number of halogens is 2. The number of carbonyl (C=O) groups is 1. The van der Waals surface area contributed by atoms with Gasteiger partial charge in [-0.25, -0.2) is 14.2 Å². The topological polar surface area (TPSA) is 66.0 Å². The third-order valence-electron chi connectivity index (χ3n) is 2.85. The van der Waals surface area contributed by atoms with Gasteiger partial charge >= 0.3 is 5.97 Å². The van der Waals surface area contributed by atoms with Crippen LogP contribution in [0.5, 0.6) is 0 Å². The van der Waals surface area contributed by atoms with Crippen molar-refractivity contribution in [1.29, 1.82) is 0 Å². The highest BCUT2D eigenvalue weighted by atomic mass is 35.5. The lowest BCUT2D eigenvalue weighted by Crippen LogP contribution is -2.16. The van der Waals surface area contributed by atoms with Crippen molar-refractivity contribution < 1.29 is 14.3 Å². The van der Waals surface area contributed by atoms with Gasteiger partial charge < -0.3 is 10.1 Å². The summed E-state index contributed by atoms with van der Waals surface area (Å²) in [5.41, 5.74) is 0.616. The Morgan fingerprint density at radius 1 is 1.40 bits per heavy atom. The first-order valence-corrected chi connectivity index (χ1v) is 6.37. The lowest BCUT2D eigenvalue weighted by atomic mass is 9.91. The molecule has 0 unspecified atom stereocenters. The van der Waals surface area contributed by atoms with Gasteiger partial charge in [-0.3, -0.25) is 0 Å². The highest BCUT2D eigenvalue weighted by Crippen LogP contribution is 2.29. The molecular formula is C14H14ClFN2O2. The molecule has 6 heteroatoms. The van der Waals surface area contributed by atoms with Gasteiger partial charge in [0.05, 0.1) is 10.7 Å². The van der Waals surface area contributed by atoms with Crippen molar-refractivity contribution in [2.24, 2.45) is 0 Å². The van der Waals surface area contributed by atoms with E-state index in [4.69, 9.17) is 11.6 Å². The average Bonchev–Trinajstić information content (AvgIpc) is 2.77. The maximum absolute atomic E-state index is 13.2. The molecular weight excluding hydrogens is 283 g/mol. The van der Waals surface area contributed by atoms with Gasteiger partial charge in [-0.15, -0.1) is 0 Å². The number of carboxylic acid groups (broad SMARTS) is 1. The second kappa shape index (κ2) is 4.90. The van der Waals surface area contributed by atoms with Gasteiger partial charge in [0.2, 0.25) is 0 Å². The smallest absolute Gasteiger partial charge is 0.356 e. The minimum Gasteiger partial charge on any atom is -0.476 e. The third-order valence-corrected chi connectivity index (χ3v) is 3.14. The standard InChI is InChI=1S/C14H14ClFN2O2/c1-14(2,3)11-10(13(19)20)17-12(18-11)7-4-5-9(16)8(15)6-7/h4-6H,1-3H3,(H,17,18)(H,19,20). The molecule has 0 radical (unpaired) electrons. The molecule has 0 amide bonds. The first-order chi connectivity index (χ1) is 9.20. The second-order valence-electron chi connectivity index (χ2n) is 5.49. The number of hydrogen-bond acceptors (Lipinski definition) is 2. The third kappa shape index (κ3) is 2.67. The van der Waals surface area contributed by atoms with E-state index in [2.05, 4.69) is 9.97 Å². The Morgan fingerprint density at radius 3 is 2.50 bits per heavy atom. The van der Waals surface area contributed by atoms with Gasteiger partial charge in [0.1, 0.15) is 11.6 Å². The maximum atomic E-state index is 13.2. The van der Waals surface area contributed by atoms with Crippen molar-refractivity contribution in [1.82, 2.24) is 9.97 Å². The van der Waals surface area contributed by atoms with Crippen molar-refractivity contribution in [3.63, 3.8) is 0 Å². The number of nitrogens with zero attached hydrogens (tertiary/aromatic N) is 1. The Balaban J connectivity index is 2.58. The minimum atomic E-state index is -1.11. The zero-order chi connectivity index (χ0) is 15.1. The van der Waals surface area contributed by atoms with Crippen molar-refractivity contribution >= 4 is 17.6 Å². The van der Waals surface area contributed by atoms with Gasteiger partial charge in [0.15, 0.2) is 5.69 Å². The SMILES string of the molecule is CC(C)(C)c1[nH]c(-c2ccc(F)c(Cl)c2)nc1C(=O)O. The summed E-state index contributed by atoms with van der Waals surface area (Å²) < 4.78 is 13.2. The van der Waals surface area contributed by atoms with Crippen LogP contribution in [0, 0.1) is 5.82 Å². The monoisotopic (exact) mass is 296 g/mol. The number of aromatic carboxylic acids is 1. The molecule has 0 bridgehead atoms. The molecule has 1 aromatic heterocycles. The zero-order valence-corrected chi connectivity index (χ0v) is 12.0. The molecule has 1 heterocycles. The first-order valence-electron chi connectivity index (χ1n) is 5.99. The number of hydrogen-bond donors (Lipinski definition) is 2. The van der Waals surface area contributed by atoms with Crippen LogP contribution < -0.4 is 0 Å². The van der Waals surface area contributed by atoms with Crippen molar-refractivity contribution in [3.8, 4) is 11.4 Å². The number of carboxylic acids is 1. The molecule has 106 valence electrons. The fourth-order valence-corrected chi connectivity index (χ4v) is 2.03. The summed E-state index contributed by atoms with van der Waals surface area (Å²) in [4.78, 5) is 18.3. The Morgan fingerprint density at radius 2 is 2.05 bits per heavy atom. The van der Waals surface area contributed by atoms with Crippen LogP contribution in [0.2, 0.25) is 5.02 Å². The molecule has 0 atom stereocenters. The second-order valence-corrected chi connectivity index (χ2v) is 5.90. The normalized spacial score (nSPS) is 11.7. The lowest BCUT2D eigenvalue weighted by molar-refractivity contribution is 0.0688. The van der Waals surface area contributed by atoms with Gasteiger partial charge in [0.25, 0.3) is 0 Å². The van der Waals surface area contributed by atoms with E-state index in [1.807, 2.05) is 20.8 Å². The molecule has 0 saturated heterocycles. The van der Waals surface area contributed by atoms with Crippen LogP contribution in [0.1, 0.15) is 37.0 Å². The molecule has 20 heavy (non-hydrogen) atoms. The molecule has 0 fully saturated rings. The van der Waals surface area contributed by atoms with Gasteiger partial charge in [-0.05, 0) is 18.2 Å². The molecule has 2 N–H and O–H groups in total. The number of imidazole rings is 1. The number of nitrogens with one attached hydrogen (secondary N) is 1. The Hall–Kier alpha value is -1.88. The Bertz CT molecular complexity index is 674. The molecule has 0 aliphatic carbocycles. The first kappa shape index (κ1) is 14.5. The Labute approximate surface area is 120 Å². The summed E-state index contributed by atoms with van der Waals surface area (Å²) in [5.74, 6) is -1.28. The molecule has 2 rings (SSSR count). The van der Waals surface area contributed by atoms with E-state index < -0.39 is 17.2 Å². The van der Waals surface area contributed by atoms with Crippen LogP contribution in [-0.2, 0) is 5.41 Å². The number of aromatic nitrogens is 2. The predicted molar refractivity (Wildman–Crippen MR) is 74.7 cm³/mol.